The van der Waals surface area contributed by atoms with E-state index < -0.39 is 0 Å². The summed E-state index contributed by atoms with van der Waals surface area (Å²) in [5, 5.41) is 0.833. The highest BCUT2D eigenvalue weighted by atomic mass is 35.5. The van der Waals surface area contributed by atoms with E-state index >= 15 is 0 Å². The number of thioether (sulfide) groups is 1. The first-order valence-corrected chi connectivity index (χ1v) is 9.87. The van der Waals surface area contributed by atoms with Gasteiger partial charge in [0.25, 0.3) is 0 Å². The van der Waals surface area contributed by atoms with Crippen LogP contribution < -0.4 is 4.90 Å². The lowest BCUT2D eigenvalue weighted by molar-refractivity contribution is 0.227. The van der Waals surface area contributed by atoms with Crippen LogP contribution in [0.2, 0.25) is 5.02 Å². The Morgan fingerprint density at radius 3 is 2.27 bits per heavy atom. The van der Waals surface area contributed by atoms with Crippen molar-refractivity contribution >= 4 is 29.1 Å². The summed E-state index contributed by atoms with van der Waals surface area (Å²) in [5.74, 6) is 2.64. The largest absolute Gasteiger partial charge is 0.369 e. The first kappa shape index (κ1) is 16.4. The third kappa shape index (κ3) is 4.79. The molecular weight excluding hydrogens is 314 g/mol. The molecule has 2 aliphatic rings. The van der Waals surface area contributed by atoms with E-state index in [2.05, 4.69) is 38.6 Å². The SMILES string of the molecule is Clc1cccc(N2CCN(CCCN3CCSCC3)CC2)c1. The molecule has 22 heavy (non-hydrogen) atoms. The molecule has 0 radical (unpaired) electrons. The van der Waals surface area contributed by atoms with E-state index in [4.69, 9.17) is 11.6 Å². The summed E-state index contributed by atoms with van der Waals surface area (Å²) < 4.78 is 0. The molecule has 0 aliphatic carbocycles. The summed E-state index contributed by atoms with van der Waals surface area (Å²) >= 11 is 8.18. The standard InChI is InChI=1S/C17H26ClN3S/c18-16-3-1-4-17(15-16)21-9-7-19(8-10-21)5-2-6-20-11-13-22-14-12-20/h1,3-4,15H,2,5-14H2. The van der Waals surface area contributed by atoms with Gasteiger partial charge in [-0.2, -0.15) is 11.8 Å². The van der Waals surface area contributed by atoms with Gasteiger partial charge >= 0.3 is 0 Å². The van der Waals surface area contributed by atoms with Crippen molar-refractivity contribution in [1.29, 1.82) is 0 Å². The van der Waals surface area contributed by atoms with E-state index in [0.29, 0.717) is 0 Å². The number of hydrogen-bond acceptors (Lipinski definition) is 4. The normalized spacial score (nSPS) is 21.2. The molecule has 0 amide bonds. The Morgan fingerprint density at radius 2 is 1.59 bits per heavy atom. The summed E-state index contributed by atoms with van der Waals surface area (Å²) in [6, 6.07) is 8.23. The average Bonchev–Trinajstić information content (AvgIpc) is 2.56. The van der Waals surface area contributed by atoms with Crippen LogP contribution in [0.4, 0.5) is 5.69 Å². The summed E-state index contributed by atoms with van der Waals surface area (Å²) in [4.78, 5) is 7.68. The fraction of sp³-hybridized carbons (Fsp3) is 0.647. The maximum atomic E-state index is 6.09. The molecule has 3 rings (SSSR count). The molecule has 1 aromatic carbocycles. The van der Waals surface area contributed by atoms with Crippen LogP contribution in [0.3, 0.4) is 0 Å². The quantitative estimate of drug-likeness (QED) is 0.815. The van der Waals surface area contributed by atoms with Gasteiger partial charge in [-0.25, -0.2) is 0 Å². The Bertz CT molecular complexity index is 457. The highest BCUT2D eigenvalue weighted by Crippen LogP contribution is 2.20. The second kappa shape index (κ2) is 8.44. The number of anilines is 1. The molecule has 122 valence electrons. The number of nitrogens with zero attached hydrogens (tertiary/aromatic N) is 3. The van der Waals surface area contributed by atoms with Gasteiger partial charge in [-0.3, -0.25) is 4.90 Å². The number of rotatable bonds is 5. The molecule has 0 aromatic heterocycles. The van der Waals surface area contributed by atoms with E-state index in [1.54, 1.807) is 0 Å². The van der Waals surface area contributed by atoms with E-state index in [1.807, 2.05) is 12.1 Å². The Hall–Kier alpha value is -0.420. The predicted molar refractivity (Wildman–Crippen MR) is 98.5 cm³/mol. The Balaban J connectivity index is 1.36. The van der Waals surface area contributed by atoms with Crippen molar-refractivity contribution < 1.29 is 0 Å². The van der Waals surface area contributed by atoms with Crippen LogP contribution in [0.25, 0.3) is 0 Å². The maximum Gasteiger partial charge on any atom is 0.0426 e. The molecule has 0 bridgehead atoms. The van der Waals surface area contributed by atoms with E-state index in [9.17, 15) is 0 Å². The minimum Gasteiger partial charge on any atom is -0.369 e. The van der Waals surface area contributed by atoms with Crippen molar-refractivity contribution in [3.63, 3.8) is 0 Å². The number of piperazine rings is 1. The van der Waals surface area contributed by atoms with Gasteiger partial charge in [0.1, 0.15) is 0 Å². The zero-order valence-corrected chi connectivity index (χ0v) is 14.8. The highest BCUT2D eigenvalue weighted by Gasteiger charge is 2.17. The van der Waals surface area contributed by atoms with E-state index in [0.717, 1.165) is 18.1 Å². The molecule has 2 heterocycles. The van der Waals surface area contributed by atoms with E-state index in [-0.39, 0.29) is 0 Å². The van der Waals surface area contributed by atoms with Crippen LogP contribution in [0.5, 0.6) is 0 Å². The van der Waals surface area contributed by atoms with Crippen LogP contribution in [-0.4, -0.2) is 73.7 Å². The first-order chi connectivity index (χ1) is 10.8. The van der Waals surface area contributed by atoms with Crippen molar-refractivity contribution in [2.45, 2.75) is 6.42 Å². The van der Waals surface area contributed by atoms with Gasteiger partial charge in [0, 0.05) is 61.5 Å². The molecule has 2 saturated heterocycles. The Morgan fingerprint density at radius 1 is 0.909 bits per heavy atom. The molecule has 2 aliphatic heterocycles. The van der Waals surface area contributed by atoms with Gasteiger partial charge in [0.15, 0.2) is 0 Å². The lowest BCUT2D eigenvalue weighted by Crippen LogP contribution is -2.47. The molecule has 2 fully saturated rings. The summed E-state index contributed by atoms with van der Waals surface area (Å²) in [7, 11) is 0. The average molecular weight is 340 g/mol. The van der Waals surface area contributed by atoms with Gasteiger partial charge in [-0.15, -0.1) is 0 Å². The van der Waals surface area contributed by atoms with Gasteiger partial charge in [-0.05, 0) is 37.7 Å². The lowest BCUT2D eigenvalue weighted by Gasteiger charge is -2.36. The molecule has 0 atom stereocenters. The molecule has 3 nitrogen and oxygen atoms in total. The van der Waals surface area contributed by atoms with Gasteiger partial charge in [0.2, 0.25) is 0 Å². The van der Waals surface area contributed by atoms with Crippen LogP contribution in [-0.2, 0) is 0 Å². The third-order valence-corrected chi connectivity index (χ3v) is 5.78. The summed E-state index contributed by atoms with van der Waals surface area (Å²) in [6.45, 7) is 9.65. The van der Waals surface area contributed by atoms with Gasteiger partial charge in [0.05, 0.1) is 0 Å². The number of benzene rings is 1. The minimum atomic E-state index is 0.833. The fourth-order valence-electron chi connectivity index (χ4n) is 3.25. The van der Waals surface area contributed by atoms with Gasteiger partial charge in [-0.1, -0.05) is 17.7 Å². The number of halogens is 1. The van der Waals surface area contributed by atoms with Crippen molar-refractivity contribution in [2.24, 2.45) is 0 Å². The zero-order valence-electron chi connectivity index (χ0n) is 13.2. The molecular formula is C17H26ClN3S. The second-order valence-electron chi connectivity index (χ2n) is 6.12. The molecule has 5 heteroatoms. The third-order valence-electron chi connectivity index (χ3n) is 4.60. The summed E-state index contributed by atoms with van der Waals surface area (Å²) in [5.41, 5.74) is 1.26. The molecule has 0 saturated carbocycles. The van der Waals surface area contributed by atoms with Crippen molar-refractivity contribution in [3.8, 4) is 0 Å². The Labute approximate surface area is 143 Å². The van der Waals surface area contributed by atoms with Gasteiger partial charge < -0.3 is 9.80 Å². The second-order valence-corrected chi connectivity index (χ2v) is 7.78. The topological polar surface area (TPSA) is 9.72 Å². The monoisotopic (exact) mass is 339 g/mol. The van der Waals surface area contributed by atoms with Crippen LogP contribution >= 0.6 is 23.4 Å². The summed E-state index contributed by atoms with van der Waals surface area (Å²) in [6.07, 6.45) is 1.31. The smallest absolute Gasteiger partial charge is 0.0426 e. The fourth-order valence-corrected chi connectivity index (χ4v) is 4.41. The molecule has 0 spiro atoms. The van der Waals surface area contributed by atoms with Crippen molar-refractivity contribution in [2.75, 3.05) is 68.8 Å². The maximum absolute atomic E-state index is 6.09. The highest BCUT2D eigenvalue weighted by molar-refractivity contribution is 7.99. The lowest BCUT2D eigenvalue weighted by atomic mass is 10.2. The van der Waals surface area contributed by atoms with E-state index in [1.165, 1.54) is 62.9 Å². The van der Waals surface area contributed by atoms with Crippen LogP contribution in [0, 0.1) is 0 Å². The number of hydrogen-bond donors (Lipinski definition) is 0. The van der Waals surface area contributed by atoms with Crippen LogP contribution in [0.15, 0.2) is 24.3 Å². The Kier molecular flexibility index (Phi) is 6.30. The predicted octanol–water partition coefficient (Wildman–Crippen LogP) is 2.90. The minimum absolute atomic E-state index is 0.833. The van der Waals surface area contributed by atoms with Crippen LogP contribution in [0.1, 0.15) is 6.42 Å². The molecule has 0 unspecified atom stereocenters. The first-order valence-electron chi connectivity index (χ1n) is 8.34. The van der Waals surface area contributed by atoms with Crippen molar-refractivity contribution in [1.82, 2.24) is 9.80 Å². The zero-order chi connectivity index (χ0) is 15.2. The molecule has 1 aromatic rings. The van der Waals surface area contributed by atoms with Crippen molar-refractivity contribution in [3.05, 3.63) is 29.3 Å². The molecule has 0 N–H and O–H groups in total.